The topological polar surface area (TPSA) is 66.8 Å². The molecule has 0 bridgehead atoms. The van der Waals surface area contributed by atoms with Crippen LogP contribution in [0.25, 0.3) is 0 Å². The van der Waals surface area contributed by atoms with Gasteiger partial charge in [0.05, 0.1) is 18.0 Å². The van der Waals surface area contributed by atoms with E-state index in [9.17, 15) is 9.59 Å². The summed E-state index contributed by atoms with van der Waals surface area (Å²) < 4.78 is 5.44. The number of anilines is 1. The molecule has 20 heavy (non-hydrogen) atoms. The van der Waals surface area contributed by atoms with Gasteiger partial charge in [-0.2, -0.15) is 0 Å². The van der Waals surface area contributed by atoms with Gasteiger partial charge in [0.1, 0.15) is 12.2 Å². The van der Waals surface area contributed by atoms with E-state index in [2.05, 4.69) is 0 Å². The van der Waals surface area contributed by atoms with E-state index in [1.165, 1.54) is 6.07 Å². The molecule has 1 aliphatic heterocycles. The number of nitrogens with zero attached hydrogens (tertiary/aromatic N) is 1. The molecular weight excluding hydrogens is 278 g/mol. The molecule has 0 radical (unpaired) electrons. The summed E-state index contributed by atoms with van der Waals surface area (Å²) in [5.74, 6) is -0.397. The lowest BCUT2D eigenvalue weighted by molar-refractivity contribution is -0.116. The Morgan fingerprint density at radius 2 is 2.20 bits per heavy atom. The summed E-state index contributed by atoms with van der Waals surface area (Å²) >= 11 is 1.57. The summed E-state index contributed by atoms with van der Waals surface area (Å²) in [5.41, 5.74) is 0.641. The third kappa shape index (κ3) is 3.07. The van der Waals surface area contributed by atoms with E-state index in [0.717, 1.165) is 0 Å². The number of ether oxygens (including phenoxy) is 1. The number of benzene rings is 1. The van der Waals surface area contributed by atoms with Crippen molar-refractivity contribution >= 4 is 29.3 Å². The van der Waals surface area contributed by atoms with Crippen molar-refractivity contribution in [3.8, 4) is 5.75 Å². The van der Waals surface area contributed by atoms with Gasteiger partial charge in [0.2, 0.25) is 5.91 Å². The van der Waals surface area contributed by atoms with Crippen molar-refractivity contribution in [2.45, 2.75) is 19.1 Å². The monoisotopic (exact) mass is 295 g/mol. The average Bonchev–Trinajstić information content (AvgIpc) is 2.43. The Labute approximate surface area is 121 Å². The van der Waals surface area contributed by atoms with Gasteiger partial charge < -0.3 is 14.7 Å². The zero-order chi connectivity index (χ0) is 14.7. The first-order valence-electron chi connectivity index (χ1n) is 6.41. The zero-order valence-corrected chi connectivity index (χ0v) is 12.3. The second-order valence-electron chi connectivity index (χ2n) is 4.71. The van der Waals surface area contributed by atoms with Crippen LogP contribution in [0.1, 0.15) is 24.2 Å². The Bertz CT molecular complexity index is 530. The van der Waals surface area contributed by atoms with Crippen molar-refractivity contribution in [1.82, 2.24) is 0 Å². The second-order valence-corrected chi connectivity index (χ2v) is 6.28. The molecule has 1 heterocycles. The molecule has 1 amide bonds. The molecule has 0 unspecified atom stereocenters. The maximum Gasteiger partial charge on any atom is 0.339 e. The van der Waals surface area contributed by atoms with Crippen molar-refractivity contribution < 1.29 is 19.4 Å². The van der Waals surface area contributed by atoms with E-state index in [1.54, 1.807) is 28.8 Å². The molecule has 0 aromatic heterocycles. The predicted octanol–water partition coefficient (Wildman–Crippen LogP) is 2.25. The van der Waals surface area contributed by atoms with E-state index in [1.807, 2.05) is 13.8 Å². The number of hydrogen-bond acceptors (Lipinski definition) is 4. The van der Waals surface area contributed by atoms with Gasteiger partial charge in [0.15, 0.2) is 5.75 Å². The summed E-state index contributed by atoms with van der Waals surface area (Å²) in [6.07, 6.45) is 0. The Morgan fingerprint density at radius 3 is 2.85 bits per heavy atom. The summed E-state index contributed by atoms with van der Waals surface area (Å²) in [6.45, 7) is 4.84. The fraction of sp³-hybridized carbons (Fsp3) is 0.429. The number of carbonyl (C=O) groups is 2. The third-order valence-electron chi connectivity index (χ3n) is 2.92. The van der Waals surface area contributed by atoms with Crippen LogP contribution in [0.3, 0.4) is 0 Å². The SMILES string of the molecule is CC(C)SCC(=O)N1CCOc2c(C(=O)O)cccc21. The van der Waals surface area contributed by atoms with Crippen molar-refractivity contribution in [3.63, 3.8) is 0 Å². The number of amides is 1. The maximum atomic E-state index is 12.2. The van der Waals surface area contributed by atoms with Gasteiger partial charge in [0, 0.05) is 0 Å². The molecule has 0 atom stereocenters. The first-order valence-corrected chi connectivity index (χ1v) is 7.46. The lowest BCUT2D eigenvalue weighted by Crippen LogP contribution is -2.39. The van der Waals surface area contributed by atoms with Gasteiger partial charge >= 0.3 is 5.97 Å². The van der Waals surface area contributed by atoms with Gasteiger partial charge in [0.25, 0.3) is 0 Å². The quantitative estimate of drug-likeness (QED) is 0.923. The van der Waals surface area contributed by atoms with Crippen LogP contribution in [-0.4, -0.2) is 41.1 Å². The highest BCUT2D eigenvalue weighted by Crippen LogP contribution is 2.35. The molecule has 1 aromatic rings. The predicted molar refractivity (Wildman–Crippen MR) is 78.8 cm³/mol. The first-order chi connectivity index (χ1) is 9.50. The molecule has 6 heteroatoms. The number of hydrogen-bond donors (Lipinski definition) is 1. The van der Waals surface area contributed by atoms with Crippen molar-refractivity contribution in [2.75, 3.05) is 23.8 Å². The number of carbonyl (C=O) groups excluding carboxylic acids is 1. The fourth-order valence-electron chi connectivity index (χ4n) is 1.99. The van der Waals surface area contributed by atoms with Crippen LogP contribution in [0.2, 0.25) is 0 Å². The third-order valence-corrected chi connectivity index (χ3v) is 4.00. The second kappa shape index (κ2) is 6.17. The van der Waals surface area contributed by atoms with Crippen molar-refractivity contribution in [2.24, 2.45) is 0 Å². The van der Waals surface area contributed by atoms with Crippen LogP contribution in [0.15, 0.2) is 18.2 Å². The van der Waals surface area contributed by atoms with E-state index in [0.29, 0.717) is 29.8 Å². The summed E-state index contributed by atoms with van der Waals surface area (Å²) in [7, 11) is 0. The smallest absolute Gasteiger partial charge is 0.339 e. The van der Waals surface area contributed by atoms with Crippen LogP contribution in [-0.2, 0) is 4.79 Å². The fourth-order valence-corrected chi connectivity index (χ4v) is 2.62. The summed E-state index contributed by atoms with van der Waals surface area (Å²) in [4.78, 5) is 25.0. The van der Waals surface area contributed by atoms with Gasteiger partial charge in [-0.15, -0.1) is 11.8 Å². The van der Waals surface area contributed by atoms with Crippen LogP contribution in [0.5, 0.6) is 5.75 Å². The zero-order valence-electron chi connectivity index (χ0n) is 11.5. The van der Waals surface area contributed by atoms with Crippen LogP contribution in [0, 0.1) is 0 Å². The lowest BCUT2D eigenvalue weighted by atomic mass is 10.1. The van der Waals surface area contributed by atoms with Gasteiger partial charge in [-0.25, -0.2) is 4.79 Å². The molecular formula is C14H17NO4S. The Balaban J connectivity index is 2.26. The first kappa shape index (κ1) is 14.7. The Morgan fingerprint density at radius 1 is 1.45 bits per heavy atom. The molecule has 0 saturated heterocycles. The minimum Gasteiger partial charge on any atom is -0.489 e. The van der Waals surface area contributed by atoms with Crippen molar-refractivity contribution in [3.05, 3.63) is 23.8 Å². The van der Waals surface area contributed by atoms with Gasteiger partial charge in [-0.3, -0.25) is 4.79 Å². The number of thioether (sulfide) groups is 1. The molecule has 0 fully saturated rings. The average molecular weight is 295 g/mol. The van der Waals surface area contributed by atoms with E-state index < -0.39 is 5.97 Å². The summed E-state index contributed by atoms with van der Waals surface area (Å²) in [6, 6.07) is 4.84. The Kier molecular flexibility index (Phi) is 4.54. The minimum absolute atomic E-state index is 0.0178. The number of fused-ring (bicyclic) bond motifs is 1. The van der Waals surface area contributed by atoms with Crippen LogP contribution < -0.4 is 9.64 Å². The molecule has 1 aromatic carbocycles. The number of para-hydroxylation sites is 1. The number of aromatic carboxylic acids is 1. The number of carboxylic acid groups (broad SMARTS) is 1. The molecule has 5 nitrogen and oxygen atoms in total. The van der Waals surface area contributed by atoms with E-state index in [4.69, 9.17) is 9.84 Å². The minimum atomic E-state index is -1.05. The summed E-state index contributed by atoms with van der Waals surface area (Å²) in [5, 5.41) is 9.53. The lowest BCUT2D eigenvalue weighted by Gasteiger charge is -2.30. The highest BCUT2D eigenvalue weighted by atomic mass is 32.2. The van der Waals surface area contributed by atoms with Gasteiger partial charge in [-0.05, 0) is 17.4 Å². The number of carboxylic acids is 1. The number of rotatable bonds is 4. The highest BCUT2D eigenvalue weighted by Gasteiger charge is 2.27. The molecule has 0 saturated carbocycles. The van der Waals surface area contributed by atoms with Crippen LogP contribution in [0.4, 0.5) is 5.69 Å². The largest absolute Gasteiger partial charge is 0.489 e. The van der Waals surface area contributed by atoms with Crippen LogP contribution >= 0.6 is 11.8 Å². The molecule has 0 spiro atoms. The van der Waals surface area contributed by atoms with E-state index >= 15 is 0 Å². The molecule has 0 aliphatic carbocycles. The van der Waals surface area contributed by atoms with E-state index in [-0.39, 0.29) is 17.2 Å². The standard InChI is InChI=1S/C14H17NO4S/c1-9(2)20-8-12(16)15-6-7-19-13-10(14(17)18)4-3-5-11(13)15/h3-5,9H,6-8H2,1-2H3,(H,17,18). The highest BCUT2D eigenvalue weighted by molar-refractivity contribution is 8.00. The molecule has 108 valence electrons. The molecule has 2 rings (SSSR count). The maximum absolute atomic E-state index is 12.2. The van der Waals surface area contributed by atoms with Gasteiger partial charge in [-0.1, -0.05) is 19.9 Å². The Hall–Kier alpha value is -1.69. The normalized spacial score (nSPS) is 13.8. The van der Waals surface area contributed by atoms with Crippen molar-refractivity contribution in [1.29, 1.82) is 0 Å². The molecule has 1 N–H and O–H groups in total. The molecule has 1 aliphatic rings.